The van der Waals surface area contributed by atoms with Crippen molar-refractivity contribution in [3.63, 3.8) is 0 Å². The SMILES string of the molecule is CCN(C(=O)c1ccc(Cl)s1)S(=O)(=O)c1c(C)nn(C)c1Cl. The van der Waals surface area contributed by atoms with E-state index in [0.29, 0.717) is 4.34 Å². The summed E-state index contributed by atoms with van der Waals surface area (Å²) < 4.78 is 28.0. The zero-order chi connectivity index (χ0) is 16.7. The van der Waals surface area contributed by atoms with Gasteiger partial charge in [-0.25, -0.2) is 12.7 Å². The molecule has 10 heteroatoms. The van der Waals surface area contributed by atoms with E-state index >= 15 is 0 Å². The third kappa shape index (κ3) is 2.88. The molecule has 0 saturated heterocycles. The van der Waals surface area contributed by atoms with Crippen LogP contribution in [0.1, 0.15) is 22.3 Å². The monoisotopic (exact) mass is 381 g/mol. The first-order valence-corrected chi connectivity index (χ1v) is 9.22. The van der Waals surface area contributed by atoms with Crippen LogP contribution in [0.25, 0.3) is 0 Å². The molecule has 0 aliphatic carbocycles. The summed E-state index contributed by atoms with van der Waals surface area (Å²) >= 11 is 12.8. The smallest absolute Gasteiger partial charge is 0.267 e. The fourth-order valence-electron chi connectivity index (χ4n) is 1.99. The van der Waals surface area contributed by atoms with Gasteiger partial charge < -0.3 is 0 Å². The van der Waals surface area contributed by atoms with Crippen molar-refractivity contribution in [2.75, 3.05) is 6.54 Å². The number of nitrogens with zero attached hydrogens (tertiary/aromatic N) is 3. The van der Waals surface area contributed by atoms with Gasteiger partial charge in [-0.1, -0.05) is 23.2 Å². The summed E-state index contributed by atoms with van der Waals surface area (Å²) in [5, 5.41) is 3.94. The third-order valence-electron chi connectivity index (χ3n) is 2.95. The maximum Gasteiger partial charge on any atom is 0.277 e. The molecule has 0 spiro atoms. The third-order valence-corrected chi connectivity index (χ3v) is 6.72. The van der Waals surface area contributed by atoms with Crippen LogP contribution in [0, 0.1) is 6.92 Å². The lowest BCUT2D eigenvalue weighted by molar-refractivity contribution is 0.0871. The average molecular weight is 382 g/mol. The molecule has 0 atom stereocenters. The molecular formula is C12H13Cl2N3O3S2. The van der Waals surface area contributed by atoms with Crippen LogP contribution in [0.2, 0.25) is 9.49 Å². The highest BCUT2D eigenvalue weighted by Crippen LogP contribution is 2.30. The van der Waals surface area contributed by atoms with Crippen molar-refractivity contribution >= 4 is 50.5 Å². The highest BCUT2D eigenvalue weighted by Gasteiger charge is 2.34. The summed E-state index contributed by atoms with van der Waals surface area (Å²) in [6.07, 6.45) is 0. The zero-order valence-corrected chi connectivity index (χ0v) is 15.1. The van der Waals surface area contributed by atoms with Crippen LogP contribution in [0.5, 0.6) is 0 Å². The van der Waals surface area contributed by atoms with E-state index in [1.807, 2.05) is 0 Å². The van der Waals surface area contributed by atoms with E-state index < -0.39 is 15.9 Å². The van der Waals surface area contributed by atoms with Crippen LogP contribution >= 0.6 is 34.5 Å². The highest BCUT2D eigenvalue weighted by atomic mass is 35.5. The summed E-state index contributed by atoms with van der Waals surface area (Å²) in [5.74, 6) is -0.640. The number of carbonyl (C=O) groups is 1. The summed E-state index contributed by atoms with van der Waals surface area (Å²) in [6.45, 7) is 3.07. The van der Waals surface area contributed by atoms with Crippen molar-refractivity contribution in [2.45, 2.75) is 18.7 Å². The van der Waals surface area contributed by atoms with Crippen LogP contribution in [0.3, 0.4) is 0 Å². The fraction of sp³-hybridized carbons (Fsp3) is 0.333. The zero-order valence-electron chi connectivity index (χ0n) is 12.0. The molecule has 0 saturated carbocycles. The summed E-state index contributed by atoms with van der Waals surface area (Å²) in [7, 11) is -2.56. The molecule has 0 aromatic carbocycles. The van der Waals surface area contributed by atoms with E-state index in [1.54, 1.807) is 13.0 Å². The van der Waals surface area contributed by atoms with Crippen molar-refractivity contribution < 1.29 is 13.2 Å². The van der Waals surface area contributed by atoms with Crippen molar-refractivity contribution in [2.24, 2.45) is 7.05 Å². The average Bonchev–Trinajstić information content (AvgIpc) is 2.95. The fourth-order valence-corrected chi connectivity index (χ4v) is 5.14. The first-order valence-electron chi connectivity index (χ1n) is 6.21. The molecule has 2 heterocycles. The van der Waals surface area contributed by atoms with Crippen LogP contribution < -0.4 is 0 Å². The number of sulfonamides is 1. The number of hydrogen-bond donors (Lipinski definition) is 0. The Morgan fingerprint density at radius 2 is 2.05 bits per heavy atom. The Hall–Kier alpha value is -1.09. The van der Waals surface area contributed by atoms with Gasteiger partial charge >= 0.3 is 0 Å². The molecule has 120 valence electrons. The number of amides is 1. The minimum Gasteiger partial charge on any atom is -0.267 e. The van der Waals surface area contributed by atoms with Gasteiger partial charge in [-0.15, -0.1) is 11.3 Å². The number of halogens is 2. The predicted molar refractivity (Wildman–Crippen MR) is 86.2 cm³/mol. The summed E-state index contributed by atoms with van der Waals surface area (Å²) in [5.41, 5.74) is 0.239. The van der Waals surface area contributed by atoms with Gasteiger partial charge in [0.2, 0.25) is 0 Å². The molecule has 0 unspecified atom stereocenters. The van der Waals surface area contributed by atoms with Gasteiger partial charge in [0.1, 0.15) is 10.0 Å². The second-order valence-electron chi connectivity index (χ2n) is 4.41. The molecular weight excluding hydrogens is 369 g/mol. The van der Waals surface area contributed by atoms with E-state index in [2.05, 4.69) is 5.10 Å². The Bertz CT molecular complexity index is 827. The number of aromatic nitrogens is 2. The number of rotatable bonds is 4. The van der Waals surface area contributed by atoms with Crippen LogP contribution in [-0.4, -0.2) is 35.0 Å². The molecule has 2 aromatic heterocycles. The van der Waals surface area contributed by atoms with Gasteiger partial charge in [0.05, 0.1) is 14.9 Å². The Morgan fingerprint density at radius 3 is 2.45 bits per heavy atom. The quantitative estimate of drug-likeness (QED) is 0.815. The molecule has 0 bridgehead atoms. The molecule has 0 fully saturated rings. The molecule has 2 aromatic rings. The van der Waals surface area contributed by atoms with E-state index in [4.69, 9.17) is 23.2 Å². The van der Waals surface area contributed by atoms with Crippen molar-refractivity contribution in [3.8, 4) is 0 Å². The topological polar surface area (TPSA) is 72.3 Å². The van der Waals surface area contributed by atoms with Gasteiger partial charge in [-0.2, -0.15) is 5.10 Å². The van der Waals surface area contributed by atoms with Crippen molar-refractivity contribution in [1.29, 1.82) is 0 Å². The predicted octanol–water partition coefficient (Wildman–Crippen LogP) is 2.95. The van der Waals surface area contributed by atoms with E-state index in [0.717, 1.165) is 15.6 Å². The van der Waals surface area contributed by atoms with Gasteiger partial charge in [0, 0.05) is 13.6 Å². The van der Waals surface area contributed by atoms with Crippen molar-refractivity contribution in [3.05, 3.63) is 32.2 Å². The lowest BCUT2D eigenvalue weighted by Gasteiger charge is -2.20. The van der Waals surface area contributed by atoms with Gasteiger partial charge in [-0.3, -0.25) is 9.48 Å². The Kier molecular flexibility index (Phi) is 4.86. The molecule has 2 rings (SSSR count). The van der Waals surface area contributed by atoms with Gasteiger partial charge in [-0.05, 0) is 26.0 Å². The first kappa shape index (κ1) is 17.3. The molecule has 0 aliphatic rings. The van der Waals surface area contributed by atoms with Gasteiger partial charge in [0.25, 0.3) is 15.9 Å². The van der Waals surface area contributed by atoms with Crippen LogP contribution in [0.15, 0.2) is 17.0 Å². The van der Waals surface area contributed by atoms with E-state index in [1.165, 1.54) is 24.7 Å². The Morgan fingerprint density at radius 1 is 1.41 bits per heavy atom. The van der Waals surface area contributed by atoms with E-state index in [9.17, 15) is 13.2 Å². The van der Waals surface area contributed by atoms with Gasteiger partial charge in [0.15, 0.2) is 0 Å². The van der Waals surface area contributed by atoms with Crippen molar-refractivity contribution in [1.82, 2.24) is 14.1 Å². The minimum absolute atomic E-state index is 0.0264. The number of hydrogen-bond acceptors (Lipinski definition) is 5. The van der Waals surface area contributed by atoms with E-state index in [-0.39, 0.29) is 27.2 Å². The molecule has 0 N–H and O–H groups in total. The normalized spacial score (nSPS) is 11.7. The molecule has 0 aliphatic heterocycles. The number of aryl methyl sites for hydroxylation is 2. The molecule has 22 heavy (non-hydrogen) atoms. The Labute approximate surface area is 142 Å². The summed E-state index contributed by atoms with van der Waals surface area (Å²) in [4.78, 5) is 12.6. The number of carbonyl (C=O) groups excluding carboxylic acids is 1. The lowest BCUT2D eigenvalue weighted by atomic mass is 10.4. The second kappa shape index (κ2) is 6.19. The second-order valence-corrected chi connectivity index (χ2v) is 8.28. The molecule has 1 amide bonds. The maximum absolute atomic E-state index is 12.8. The summed E-state index contributed by atoms with van der Waals surface area (Å²) in [6, 6.07) is 3.04. The number of thiophene rings is 1. The standard InChI is InChI=1S/C12H13Cl2N3O3S2/c1-4-17(12(18)8-5-6-9(13)21-8)22(19,20)10-7(2)15-16(3)11(10)14/h5-6H,4H2,1-3H3. The largest absolute Gasteiger partial charge is 0.277 e. The van der Waals surface area contributed by atoms with Crippen LogP contribution in [0.4, 0.5) is 0 Å². The maximum atomic E-state index is 12.8. The minimum atomic E-state index is -4.10. The molecule has 0 radical (unpaired) electrons. The Balaban J connectivity index is 2.52. The highest BCUT2D eigenvalue weighted by molar-refractivity contribution is 7.89. The molecule has 6 nitrogen and oxygen atoms in total. The lowest BCUT2D eigenvalue weighted by Crippen LogP contribution is -2.36. The first-order chi connectivity index (χ1) is 10.2. The van der Waals surface area contributed by atoms with Crippen LogP contribution in [-0.2, 0) is 17.1 Å².